The molecule has 174 valence electrons. The maximum Gasteiger partial charge on any atom is 0.235 e. The summed E-state index contributed by atoms with van der Waals surface area (Å²) in [5.74, 6) is -4.20. The molecule has 32 heavy (non-hydrogen) atoms. The van der Waals surface area contributed by atoms with Crippen LogP contribution in [0.1, 0.15) is 43.8 Å². The van der Waals surface area contributed by atoms with Gasteiger partial charge in [0.2, 0.25) is 10.0 Å². The number of anilines is 2. The van der Waals surface area contributed by atoms with E-state index in [1.165, 1.54) is 4.31 Å². The van der Waals surface area contributed by atoms with Crippen molar-refractivity contribution in [1.82, 2.24) is 14.7 Å². The molecule has 1 saturated heterocycles. The average Bonchev–Trinajstić information content (AvgIpc) is 3.33. The first-order valence-corrected chi connectivity index (χ1v) is 12.3. The predicted octanol–water partition coefficient (Wildman–Crippen LogP) is 2.53. The number of nitrogens with one attached hydrogen (secondary N) is 1. The second-order valence-electron chi connectivity index (χ2n) is 8.53. The van der Waals surface area contributed by atoms with E-state index in [4.69, 9.17) is 0 Å². The average molecular weight is 472 g/mol. The maximum atomic E-state index is 13.6. The third-order valence-corrected chi connectivity index (χ3v) is 8.46. The van der Waals surface area contributed by atoms with E-state index in [1.54, 1.807) is 11.1 Å². The third-order valence-electron chi connectivity index (χ3n) is 6.60. The number of aliphatic hydroxyl groups is 1. The Hall–Kier alpha value is -2.31. The summed E-state index contributed by atoms with van der Waals surface area (Å²) in [5.41, 5.74) is 1.08. The fourth-order valence-corrected chi connectivity index (χ4v) is 6.70. The standard InChI is InChI=1S/C20H24F3N5O3S/c21-13-8-12(9-14(22)19(13)23)25-20(29)26-11-18-17(27-6-3-7-32(27,30)31)10-24-28(18)16-5-2-1-4-15(16)26/h8-10,15-16,20,25,29H,1-7,11H2/t15-,16+,20?/m0/s1. The fourth-order valence-electron chi connectivity index (χ4n) is 5.13. The summed E-state index contributed by atoms with van der Waals surface area (Å²) in [6.45, 7) is 0.576. The summed E-state index contributed by atoms with van der Waals surface area (Å²) in [6.07, 6.45) is 4.31. The zero-order chi connectivity index (χ0) is 22.6. The van der Waals surface area contributed by atoms with Crippen molar-refractivity contribution in [1.29, 1.82) is 0 Å². The molecule has 1 aromatic carbocycles. The van der Waals surface area contributed by atoms with Gasteiger partial charge in [0, 0.05) is 37.0 Å². The second kappa shape index (κ2) is 7.92. The minimum atomic E-state index is -3.41. The zero-order valence-electron chi connectivity index (χ0n) is 17.2. The molecule has 3 atom stereocenters. The van der Waals surface area contributed by atoms with Crippen LogP contribution in [-0.2, 0) is 16.6 Å². The van der Waals surface area contributed by atoms with Crippen molar-refractivity contribution in [3.63, 3.8) is 0 Å². The molecule has 0 amide bonds. The van der Waals surface area contributed by atoms with Gasteiger partial charge in [-0.1, -0.05) is 12.8 Å². The Morgan fingerprint density at radius 3 is 2.44 bits per heavy atom. The van der Waals surface area contributed by atoms with Gasteiger partial charge >= 0.3 is 0 Å². The number of fused-ring (bicyclic) bond motifs is 3. The lowest BCUT2D eigenvalue weighted by atomic mass is 9.87. The van der Waals surface area contributed by atoms with Gasteiger partial charge in [0.1, 0.15) is 0 Å². The number of aromatic nitrogens is 2. The van der Waals surface area contributed by atoms with Crippen LogP contribution in [0.15, 0.2) is 18.3 Å². The van der Waals surface area contributed by atoms with Crippen LogP contribution in [0, 0.1) is 17.5 Å². The van der Waals surface area contributed by atoms with Crippen molar-refractivity contribution in [3.8, 4) is 0 Å². The molecular weight excluding hydrogens is 447 g/mol. The summed E-state index contributed by atoms with van der Waals surface area (Å²) in [7, 11) is -3.41. The predicted molar refractivity (Wildman–Crippen MR) is 111 cm³/mol. The highest BCUT2D eigenvalue weighted by Gasteiger charge is 2.43. The van der Waals surface area contributed by atoms with Crippen LogP contribution >= 0.6 is 0 Å². The number of hydrogen-bond acceptors (Lipinski definition) is 6. The molecule has 8 nitrogen and oxygen atoms in total. The zero-order valence-corrected chi connectivity index (χ0v) is 18.0. The molecule has 1 unspecified atom stereocenters. The van der Waals surface area contributed by atoms with Crippen molar-refractivity contribution in [2.24, 2.45) is 0 Å². The van der Waals surface area contributed by atoms with E-state index in [-0.39, 0.29) is 30.1 Å². The number of halogens is 3. The van der Waals surface area contributed by atoms with Gasteiger partial charge in [0.05, 0.1) is 29.4 Å². The number of nitrogens with zero attached hydrogens (tertiary/aromatic N) is 4. The molecule has 3 aliphatic rings. The highest BCUT2D eigenvalue weighted by atomic mass is 32.2. The lowest BCUT2D eigenvalue weighted by Crippen LogP contribution is -2.54. The summed E-state index contributed by atoms with van der Waals surface area (Å²) >= 11 is 0. The first kappa shape index (κ1) is 21.5. The Morgan fingerprint density at radius 2 is 1.78 bits per heavy atom. The van der Waals surface area contributed by atoms with Crippen molar-refractivity contribution in [3.05, 3.63) is 41.5 Å². The van der Waals surface area contributed by atoms with Crippen LogP contribution in [0.3, 0.4) is 0 Å². The van der Waals surface area contributed by atoms with E-state index >= 15 is 0 Å². The number of aliphatic hydroxyl groups excluding tert-OH is 1. The first-order chi connectivity index (χ1) is 15.3. The highest BCUT2D eigenvalue weighted by molar-refractivity contribution is 7.93. The van der Waals surface area contributed by atoms with Crippen LogP contribution in [0.4, 0.5) is 24.5 Å². The molecule has 0 spiro atoms. The largest absolute Gasteiger partial charge is 0.361 e. The Morgan fingerprint density at radius 1 is 1.09 bits per heavy atom. The van der Waals surface area contributed by atoms with Crippen LogP contribution in [-0.4, -0.2) is 52.9 Å². The first-order valence-electron chi connectivity index (χ1n) is 10.7. The molecule has 2 N–H and O–H groups in total. The van der Waals surface area contributed by atoms with Crippen LogP contribution in [0.5, 0.6) is 0 Å². The SMILES string of the molecule is O=S1(=O)CCCN1c1cnn2c1CN(C(O)Nc1cc(F)c(F)c(F)c1)[C@H]1CCCC[C@H]12. The third kappa shape index (κ3) is 3.54. The molecule has 3 heterocycles. The van der Waals surface area contributed by atoms with E-state index in [0.29, 0.717) is 24.3 Å². The van der Waals surface area contributed by atoms with E-state index in [9.17, 15) is 26.7 Å². The molecular formula is C20H24F3N5O3S. The van der Waals surface area contributed by atoms with Gasteiger partial charge in [-0.3, -0.25) is 8.99 Å². The summed E-state index contributed by atoms with van der Waals surface area (Å²) in [5, 5.41) is 18.1. The Bertz CT molecular complexity index is 1120. The van der Waals surface area contributed by atoms with Crippen molar-refractivity contribution >= 4 is 21.4 Å². The monoisotopic (exact) mass is 471 g/mol. The number of sulfonamides is 1. The van der Waals surface area contributed by atoms with Gasteiger partial charge in [-0.15, -0.1) is 0 Å². The number of hydrogen-bond donors (Lipinski definition) is 2. The van der Waals surface area contributed by atoms with Gasteiger partial charge in [-0.05, 0) is 19.3 Å². The van der Waals surface area contributed by atoms with Crippen LogP contribution in [0.2, 0.25) is 0 Å². The van der Waals surface area contributed by atoms with Crippen molar-refractivity contribution in [2.45, 2.75) is 57.1 Å². The van der Waals surface area contributed by atoms with Gasteiger partial charge in [0.25, 0.3) is 0 Å². The van der Waals surface area contributed by atoms with Gasteiger partial charge in [0.15, 0.2) is 23.8 Å². The Labute approximate surface area is 183 Å². The van der Waals surface area contributed by atoms with Gasteiger partial charge in [-0.2, -0.15) is 5.10 Å². The normalized spacial score (nSPS) is 25.9. The van der Waals surface area contributed by atoms with E-state index in [0.717, 1.165) is 37.8 Å². The smallest absolute Gasteiger partial charge is 0.235 e. The lowest BCUT2D eigenvalue weighted by molar-refractivity contribution is -0.0553. The molecule has 0 bridgehead atoms. The highest BCUT2D eigenvalue weighted by Crippen LogP contribution is 2.41. The van der Waals surface area contributed by atoms with E-state index < -0.39 is 33.8 Å². The molecule has 1 aliphatic carbocycles. The van der Waals surface area contributed by atoms with Crippen LogP contribution in [0.25, 0.3) is 0 Å². The number of rotatable bonds is 4. The minimum absolute atomic E-state index is 0.0651. The molecule has 12 heteroatoms. The minimum Gasteiger partial charge on any atom is -0.361 e. The topological polar surface area (TPSA) is 90.7 Å². The van der Waals surface area contributed by atoms with Gasteiger partial charge in [-0.25, -0.2) is 26.5 Å². The van der Waals surface area contributed by atoms with Crippen molar-refractivity contribution < 1.29 is 26.7 Å². The molecule has 5 rings (SSSR count). The second-order valence-corrected chi connectivity index (χ2v) is 10.5. The lowest BCUT2D eigenvalue weighted by Gasteiger charge is -2.46. The molecule has 2 fully saturated rings. The van der Waals surface area contributed by atoms with Gasteiger partial charge < -0.3 is 10.4 Å². The van der Waals surface area contributed by atoms with E-state index in [2.05, 4.69) is 10.4 Å². The fraction of sp³-hybridized carbons (Fsp3) is 0.550. The summed E-state index contributed by atoms with van der Waals surface area (Å²) < 4.78 is 68.8. The molecule has 1 saturated carbocycles. The quantitative estimate of drug-likeness (QED) is 0.526. The summed E-state index contributed by atoms with van der Waals surface area (Å²) in [6, 6.07) is 1.41. The molecule has 2 aliphatic heterocycles. The maximum absolute atomic E-state index is 13.6. The Balaban J connectivity index is 1.47. The van der Waals surface area contributed by atoms with Crippen LogP contribution < -0.4 is 9.62 Å². The number of benzene rings is 1. The van der Waals surface area contributed by atoms with E-state index in [1.807, 2.05) is 4.68 Å². The van der Waals surface area contributed by atoms with Crippen molar-refractivity contribution in [2.75, 3.05) is 21.9 Å². The Kier molecular flexibility index (Phi) is 5.33. The summed E-state index contributed by atoms with van der Waals surface area (Å²) in [4.78, 5) is 1.76. The molecule has 0 radical (unpaired) electrons. The molecule has 1 aromatic heterocycles. The molecule has 2 aromatic rings.